The minimum absolute atomic E-state index is 0.114. The van der Waals surface area contributed by atoms with E-state index in [2.05, 4.69) is 9.36 Å². The van der Waals surface area contributed by atoms with E-state index in [1.165, 1.54) is 17.7 Å². The topological polar surface area (TPSA) is 42.9 Å². The van der Waals surface area contributed by atoms with Crippen LogP contribution >= 0.6 is 23.1 Å². The largest absolute Gasteiger partial charge is 0.286 e. The van der Waals surface area contributed by atoms with Crippen molar-refractivity contribution in [3.8, 4) is 0 Å². The molecule has 76 valence electrons. The Labute approximate surface area is 95.9 Å². The lowest BCUT2D eigenvalue weighted by molar-refractivity contribution is 0.103. The van der Waals surface area contributed by atoms with Crippen LogP contribution in [-0.4, -0.2) is 15.1 Å². The van der Waals surface area contributed by atoms with Crippen LogP contribution in [0.4, 0.5) is 0 Å². The molecular weight excluding hydrogens is 232 g/mol. The zero-order valence-electron chi connectivity index (χ0n) is 7.90. The Balaban J connectivity index is 2.32. The van der Waals surface area contributed by atoms with Crippen LogP contribution < -0.4 is 0 Å². The number of ketones is 1. The van der Waals surface area contributed by atoms with Crippen LogP contribution in [0.2, 0.25) is 5.02 Å². The third-order valence-corrected chi connectivity index (χ3v) is 2.91. The average molecular weight is 239 g/mol. The molecule has 2 aromatic rings. The maximum absolute atomic E-state index is 11.8. The van der Waals surface area contributed by atoms with E-state index in [1.807, 2.05) is 6.92 Å². The molecule has 0 aliphatic heterocycles. The Kier molecular flexibility index (Phi) is 2.79. The molecule has 0 aliphatic carbocycles. The summed E-state index contributed by atoms with van der Waals surface area (Å²) in [5, 5.41) is 0.520. The Hall–Kier alpha value is -1.26. The summed E-state index contributed by atoms with van der Waals surface area (Å²) in [6.07, 6.45) is 1.46. The number of nitrogens with zero attached hydrogens (tertiary/aromatic N) is 2. The number of aryl methyl sites for hydroxylation is 1. The molecule has 0 aliphatic rings. The Morgan fingerprint density at radius 1 is 1.47 bits per heavy atom. The molecule has 0 bridgehead atoms. The van der Waals surface area contributed by atoms with Crippen LogP contribution in [0.5, 0.6) is 0 Å². The van der Waals surface area contributed by atoms with Gasteiger partial charge in [0.15, 0.2) is 0 Å². The second-order valence-corrected chi connectivity index (χ2v) is 4.26. The molecule has 0 unspecified atom stereocenters. The number of hydrogen-bond acceptors (Lipinski definition) is 4. The second kappa shape index (κ2) is 4.08. The van der Waals surface area contributed by atoms with Crippen molar-refractivity contribution in [3.05, 3.63) is 45.7 Å². The third-order valence-electron chi connectivity index (χ3n) is 1.81. The smallest absolute Gasteiger partial charge is 0.222 e. The highest BCUT2D eigenvalue weighted by Gasteiger charge is 2.12. The first-order valence-corrected chi connectivity index (χ1v) is 5.41. The van der Waals surface area contributed by atoms with Crippen molar-refractivity contribution in [2.75, 3.05) is 0 Å². The van der Waals surface area contributed by atoms with Crippen LogP contribution in [0.15, 0.2) is 24.4 Å². The van der Waals surface area contributed by atoms with E-state index < -0.39 is 0 Å². The van der Waals surface area contributed by atoms with E-state index in [1.54, 1.807) is 18.2 Å². The summed E-state index contributed by atoms with van der Waals surface area (Å²) in [5.41, 5.74) is 1.24. The van der Waals surface area contributed by atoms with E-state index >= 15 is 0 Å². The molecule has 0 amide bonds. The molecule has 0 saturated carbocycles. The molecule has 0 atom stereocenters. The highest BCUT2D eigenvalue weighted by Crippen LogP contribution is 2.15. The number of rotatable bonds is 2. The van der Waals surface area contributed by atoms with Crippen LogP contribution in [0.1, 0.15) is 21.1 Å². The molecule has 0 fully saturated rings. The summed E-state index contributed by atoms with van der Waals surface area (Å²) in [7, 11) is 0. The standard InChI is InChI=1S/C10H7ClN2OS/c1-6-4-9(15-13-6)10(14)8-3-2-7(11)5-12-8/h2-5H,1H3. The van der Waals surface area contributed by atoms with Crippen molar-refractivity contribution in [1.82, 2.24) is 9.36 Å². The van der Waals surface area contributed by atoms with Gasteiger partial charge in [0, 0.05) is 6.20 Å². The van der Waals surface area contributed by atoms with E-state index in [4.69, 9.17) is 11.6 Å². The van der Waals surface area contributed by atoms with Gasteiger partial charge in [-0.15, -0.1) is 0 Å². The Morgan fingerprint density at radius 2 is 2.27 bits per heavy atom. The van der Waals surface area contributed by atoms with Gasteiger partial charge in [-0.25, -0.2) is 0 Å². The quantitative estimate of drug-likeness (QED) is 0.756. The van der Waals surface area contributed by atoms with Gasteiger partial charge in [0.05, 0.1) is 15.6 Å². The van der Waals surface area contributed by atoms with Crippen molar-refractivity contribution in [2.45, 2.75) is 6.92 Å². The molecule has 0 saturated heterocycles. The summed E-state index contributed by atoms with van der Waals surface area (Å²) in [4.78, 5) is 16.4. The number of aromatic nitrogens is 2. The molecule has 0 aromatic carbocycles. The van der Waals surface area contributed by atoms with Crippen molar-refractivity contribution < 1.29 is 4.79 Å². The molecule has 3 nitrogen and oxygen atoms in total. The van der Waals surface area contributed by atoms with E-state index in [0.29, 0.717) is 15.6 Å². The monoisotopic (exact) mass is 238 g/mol. The van der Waals surface area contributed by atoms with Gasteiger partial charge in [-0.3, -0.25) is 9.78 Å². The lowest BCUT2D eigenvalue weighted by Gasteiger charge is -1.95. The van der Waals surface area contributed by atoms with Gasteiger partial charge >= 0.3 is 0 Å². The first kappa shape index (κ1) is 10.3. The van der Waals surface area contributed by atoms with Crippen LogP contribution in [0.25, 0.3) is 0 Å². The van der Waals surface area contributed by atoms with Crippen molar-refractivity contribution in [3.63, 3.8) is 0 Å². The van der Waals surface area contributed by atoms with Crippen LogP contribution in [-0.2, 0) is 0 Å². The molecule has 0 N–H and O–H groups in total. The van der Waals surface area contributed by atoms with E-state index in [0.717, 1.165) is 5.69 Å². The fraction of sp³-hybridized carbons (Fsp3) is 0.100. The normalized spacial score (nSPS) is 10.3. The molecule has 15 heavy (non-hydrogen) atoms. The molecule has 0 spiro atoms. The maximum Gasteiger partial charge on any atom is 0.222 e. The van der Waals surface area contributed by atoms with Gasteiger partial charge in [-0.1, -0.05) is 11.6 Å². The van der Waals surface area contributed by atoms with Crippen molar-refractivity contribution >= 4 is 28.9 Å². The molecule has 5 heteroatoms. The second-order valence-electron chi connectivity index (χ2n) is 3.02. The Bertz CT molecular complexity index is 492. The van der Waals surface area contributed by atoms with E-state index in [9.17, 15) is 4.79 Å². The van der Waals surface area contributed by atoms with Gasteiger partial charge in [0.2, 0.25) is 5.78 Å². The first-order valence-electron chi connectivity index (χ1n) is 4.26. The number of carbonyl (C=O) groups is 1. The SMILES string of the molecule is Cc1cc(C(=O)c2ccc(Cl)cn2)sn1. The highest BCUT2D eigenvalue weighted by atomic mass is 35.5. The number of pyridine rings is 1. The number of carbonyl (C=O) groups excluding carboxylic acids is 1. The minimum atomic E-state index is -0.114. The molecule has 2 heterocycles. The van der Waals surface area contributed by atoms with Gasteiger partial charge in [-0.2, -0.15) is 4.37 Å². The lowest BCUT2D eigenvalue weighted by Crippen LogP contribution is -2.00. The zero-order valence-corrected chi connectivity index (χ0v) is 9.47. The first-order chi connectivity index (χ1) is 7.16. The average Bonchev–Trinajstić information content (AvgIpc) is 2.65. The summed E-state index contributed by atoms with van der Waals surface area (Å²) in [6, 6.07) is 5.01. The van der Waals surface area contributed by atoms with Gasteiger partial charge < -0.3 is 0 Å². The maximum atomic E-state index is 11.8. The third kappa shape index (κ3) is 2.22. The van der Waals surface area contributed by atoms with Gasteiger partial charge in [-0.05, 0) is 36.7 Å². The Morgan fingerprint density at radius 3 is 2.80 bits per heavy atom. The predicted octanol–water partition coefficient (Wildman–Crippen LogP) is 2.73. The van der Waals surface area contributed by atoms with Crippen molar-refractivity contribution in [2.24, 2.45) is 0 Å². The van der Waals surface area contributed by atoms with Crippen LogP contribution in [0, 0.1) is 6.92 Å². The van der Waals surface area contributed by atoms with Crippen molar-refractivity contribution in [1.29, 1.82) is 0 Å². The number of hydrogen-bond donors (Lipinski definition) is 0. The highest BCUT2D eigenvalue weighted by molar-refractivity contribution is 7.08. The summed E-state index contributed by atoms with van der Waals surface area (Å²) in [6.45, 7) is 1.85. The zero-order chi connectivity index (χ0) is 10.8. The predicted molar refractivity (Wildman–Crippen MR) is 59.5 cm³/mol. The van der Waals surface area contributed by atoms with Gasteiger partial charge in [0.25, 0.3) is 0 Å². The summed E-state index contributed by atoms with van der Waals surface area (Å²) >= 11 is 6.87. The molecule has 0 radical (unpaired) electrons. The fourth-order valence-corrected chi connectivity index (χ4v) is 1.92. The number of halogens is 1. The fourth-order valence-electron chi connectivity index (χ4n) is 1.11. The lowest BCUT2D eigenvalue weighted by atomic mass is 10.2. The molecular formula is C10H7ClN2OS. The van der Waals surface area contributed by atoms with E-state index in [-0.39, 0.29) is 5.78 Å². The van der Waals surface area contributed by atoms with Gasteiger partial charge in [0.1, 0.15) is 5.69 Å². The molecule has 2 aromatic heterocycles. The van der Waals surface area contributed by atoms with Crippen LogP contribution in [0.3, 0.4) is 0 Å². The minimum Gasteiger partial charge on any atom is -0.286 e. The molecule has 2 rings (SSSR count). The summed E-state index contributed by atoms with van der Waals surface area (Å²) < 4.78 is 4.05. The summed E-state index contributed by atoms with van der Waals surface area (Å²) in [5.74, 6) is -0.114.